The molecule has 0 aliphatic heterocycles. The van der Waals surface area contributed by atoms with Crippen molar-refractivity contribution >= 4 is 5.69 Å². The smallest absolute Gasteiger partial charge is 0.0412 e. The molecule has 0 atom stereocenters. The molecule has 0 aliphatic carbocycles. The van der Waals surface area contributed by atoms with E-state index in [1.807, 2.05) is 0 Å². The van der Waals surface area contributed by atoms with Gasteiger partial charge in [-0.25, -0.2) is 0 Å². The molecular weight excluding hydrogens is 158 g/mol. The topological polar surface area (TPSA) is 12.0 Å². The van der Waals surface area contributed by atoms with Crippen molar-refractivity contribution in [3.63, 3.8) is 0 Å². The first-order valence-corrected chi connectivity index (χ1v) is 4.63. The molecule has 0 fully saturated rings. The van der Waals surface area contributed by atoms with Crippen LogP contribution in [0.4, 0.5) is 5.69 Å². The number of hydrogen-bond acceptors (Lipinski definition) is 1. The van der Waals surface area contributed by atoms with Crippen molar-refractivity contribution in [2.75, 3.05) is 5.32 Å². The van der Waals surface area contributed by atoms with Crippen LogP contribution in [0.1, 0.15) is 30.9 Å². The second-order valence-corrected chi connectivity index (χ2v) is 3.52. The Hall–Kier alpha value is -1.24. The molecule has 0 bridgehead atoms. The lowest BCUT2D eigenvalue weighted by molar-refractivity contribution is 0.857. The Bertz CT molecular complexity index is 300. The summed E-state index contributed by atoms with van der Waals surface area (Å²) in [5.41, 5.74) is 3.87. The van der Waals surface area contributed by atoms with Crippen molar-refractivity contribution in [2.24, 2.45) is 0 Å². The van der Waals surface area contributed by atoms with Crippen LogP contribution in [0.25, 0.3) is 0 Å². The van der Waals surface area contributed by atoms with Crippen LogP contribution in [-0.2, 0) is 0 Å². The van der Waals surface area contributed by atoms with E-state index in [0.717, 1.165) is 5.69 Å². The van der Waals surface area contributed by atoms with E-state index >= 15 is 0 Å². The van der Waals surface area contributed by atoms with Gasteiger partial charge in [-0.1, -0.05) is 32.6 Å². The number of rotatable bonds is 3. The minimum absolute atomic E-state index is 0.576. The molecule has 0 spiro atoms. The minimum Gasteiger partial charge on any atom is -0.362 e. The summed E-state index contributed by atoms with van der Waals surface area (Å²) in [5.74, 6) is 0.576. The molecule has 0 unspecified atom stereocenters. The highest BCUT2D eigenvalue weighted by atomic mass is 14.8. The summed E-state index contributed by atoms with van der Waals surface area (Å²) in [6, 6.07) is 6.32. The molecule has 13 heavy (non-hydrogen) atoms. The van der Waals surface area contributed by atoms with Gasteiger partial charge in [-0.15, -0.1) is 0 Å². The van der Waals surface area contributed by atoms with E-state index in [1.165, 1.54) is 11.1 Å². The van der Waals surface area contributed by atoms with Crippen LogP contribution in [0.5, 0.6) is 0 Å². The normalized spacial score (nSPS) is 10.2. The quantitative estimate of drug-likeness (QED) is 0.739. The summed E-state index contributed by atoms with van der Waals surface area (Å²) in [6.45, 7) is 10.2. The van der Waals surface area contributed by atoms with Crippen LogP contribution >= 0.6 is 0 Å². The predicted molar refractivity (Wildman–Crippen MR) is 59.1 cm³/mol. The SMILES string of the molecule is C=CNc1cccc(C(C)C)c1C. The molecule has 1 nitrogen and oxygen atoms in total. The molecule has 1 rings (SSSR count). The van der Waals surface area contributed by atoms with E-state index in [1.54, 1.807) is 6.20 Å². The van der Waals surface area contributed by atoms with Crippen LogP contribution in [0.2, 0.25) is 0 Å². The summed E-state index contributed by atoms with van der Waals surface area (Å²) < 4.78 is 0. The van der Waals surface area contributed by atoms with E-state index in [4.69, 9.17) is 0 Å². The zero-order chi connectivity index (χ0) is 9.84. The number of hydrogen-bond donors (Lipinski definition) is 1. The van der Waals surface area contributed by atoms with Gasteiger partial charge in [-0.05, 0) is 36.2 Å². The Morgan fingerprint density at radius 2 is 2.08 bits per heavy atom. The van der Waals surface area contributed by atoms with E-state index in [-0.39, 0.29) is 0 Å². The third kappa shape index (κ3) is 2.11. The van der Waals surface area contributed by atoms with Gasteiger partial charge < -0.3 is 5.32 Å². The van der Waals surface area contributed by atoms with Crippen molar-refractivity contribution < 1.29 is 0 Å². The molecular formula is C12H17N. The third-order valence-corrected chi connectivity index (χ3v) is 2.26. The minimum atomic E-state index is 0.576. The third-order valence-electron chi connectivity index (χ3n) is 2.26. The van der Waals surface area contributed by atoms with Gasteiger partial charge in [0.05, 0.1) is 0 Å². The van der Waals surface area contributed by atoms with E-state index in [0.29, 0.717) is 5.92 Å². The largest absolute Gasteiger partial charge is 0.362 e. The van der Waals surface area contributed by atoms with Gasteiger partial charge in [-0.2, -0.15) is 0 Å². The average molecular weight is 175 g/mol. The van der Waals surface area contributed by atoms with Crippen LogP contribution in [0.15, 0.2) is 31.0 Å². The molecule has 1 aromatic carbocycles. The molecule has 0 saturated heterocycles. The lowest BCUT2D eigenvalue weighted by Gasteiger charge is -2.13. The predicted octanol–water partition coefficient (Wildman–Crippen LogP) is 3.67. The fraction of sp³-hybridized carbons (Fsp3) is 0.333. The molecule has 0 heterocycles. The summed E-state index contributed by atoms with van der Waals surface area (Å²) >= 11 is 0. The standard InChI is InChI=1S/C12H17N/c1-5-13-12-8-6-7-11(9(2)3)10(12)4/h5-9,13H,1H2,2-4H3. The lowest BCUT2D eigenvalue weighted by Crippen LogP contribution is -1.96. The zero-order valence-electron chi connectivity index (χ0n) is 8.59. The van der Waals surface area contributed by atoms with Gasteiger partial charge in [-0.3, -0.25) is 0 Å². The van der Waals surface area contributed by atoms with Crippen LogP contribution in [-0.4, -0.2) is 0 Å². The maximum Gasteiger partial charge on any atom is 0.0412 e. The Kier molecular flexibility index (Phi) is 3.13. The Labute approximate surface area is 80.5 Å². The highest BCUT2D eigenvalue weighted by molar-refractivity contribution is 5.56. The molecule has 0 aromatic heterocycles. The summed E-state index contributed by atoms with van der Waals surface area (Å²) in [5, 5.41) is 3.13. The van der Waals surface area contributed by atoms with Crippen LogP contribution < -0.4 is 5.32 Å². The second-order valence-electron chi connectivity index (χ2n) is 3.52. The van der Waals surface area contributed by atoms with Crippen molar-refractivity contribution in [3.05, 3.63) is 42.1 Å². The van der Waals surface area contributed by atoms with Crippen LogP contribution in [0.3, 0.4) is 0 Å². The van der Waals surface area contributed by atoms with E-state index in [9.17, 15) is 0 Å². The zero-order valence-corrected chi connectivity index (χ0v) is 8.59. The fourth-order valence-corrected chi connectivity index (χ4v) is 1.55. The lowest BCUT2D eigenvalue weighted by atomic mass is 9.97. The van der Waals surface area contributed by atoms with Crippen molar-refractivity contribution in [2.45, 2.75) is 26.7 Å². The molecule has 0 amide bonds. The first-order chi connectivity index (χ1) is 6.16. The van der Waals surface area contributed by atoms with E-state index in [2.05, 4.69) is 50.9 Å². The average Bonchev–Trinajstić information content (AvgIpc) is 2.08. The second kappa shape index (κ2) is 4.13. The van der Waals surface area contributed by atoms with Gasteiger partial charge in [0.2, 0.25) is 0 Å². The van der Waals surface area contributed by atoms with Crippen LogP contribution in [0, 0.1) is 6.92 Å². The molecule has 1 aromatic rings. The Balaban J connectivity index is 3.10. The van der Waals surface area contributed by atoms with Gasteiger partial charge in [0.15, 0.2) is 0 Å². The molecule has 0 saturated carbocycles. The Morgan fingerprint density at radius 3 is 2.62 bits per heavy atom. The molecule has 0 radical (unpaired) electrons. The summed E-state index contributed by atoms with van der Waals surface area (Å²) in [4.78, 5) is 0. The first-order valence-electron chi connectivity index (χ1n) is 4.63. The molecule has 70 valence electrons. The van der Waals surface area contributed by atoms with Crippen molar-refractivity contribution in [1.29, 1.82) is 0 Å². The summed E-state index contributed by atoms with van der Waals surface area (Å²) in [6.07, 6.45) is 1.71. The van der Waals surface area contributed by atoms with Crippen molar-refractivity contribution in [3.8, 4) is 0 Å². The number of nitrogens with one attached hydrogen (secondary N) is 1. The molecule has 1 N–H and O–H groups in total. The highest BCUT2D eigenvalue weighted by Crippen LogP contribution is 2.24. The van der Waals surface area contributed by atoms with E-state index < -0.39 is 0 Å². The maximum absolute atomic E-state index is 3.66. The molecule has 1 heteroatoms. The van der Waals surface area contributed by atoms with Gasteiger partial charge in [0.25, 0.3) is 0 Å². The monoisotopic (exact) mass is 175 g/mol. The molecule has 0 aliphatic rings. The number of anilines is 1. The van der Waals surface area contributed by atoms with Gasteiger partial charge >= 0.3 is 0 Å². The highest BCUT2D eigenvalue weighted by Gasteiger charge is 2.05. The number of benzene rings is 1. The first kappa shape index (κ1) is 9.85. The Morgan fingerprint density at radius 1 is 1.38 bits per heavy atom. The fourth-order valence-electron chi connectivity index (χ4n) is 1.55. The van der Waals surface area contributed by atoms with Gasteiger partial charge in [0.1, 0.15) is 0 Å². The maximum atomic E-state index is 3.66. The van der Waals surface area contributed by atoms with Gasteiger partial charge in [0, 0.05) is 5.69 Å². The van der Waals surface area contributed by atoms with Crippen molar-refractivity contribution in [1.82, 2.24) is 0 Å². The summed E-state index contributed by atoms with van der Waals surface area (Å²) in [7, 11) is 0.